The highest BCUT2D eigenvalue weighted by Gasteiger charge is 1.87. The van der Waals surface area contributed by atoms with Crippen LogP contribution in [0.4, 0.5) is 0 Å². The molecule has 6 heavy (non-hydrogen) atoms. The number of aldehydes is 1. The summed E-state index contributed by atoms with van der Waals surface area (Å²) < 4.78 is 3.11. The highest BCUT2D eigenvalue weighted by Crippen LogP contribution is 1.94. The van der Waals surface area contributed by atoms with Gasteiger partial charge in [-0.2, -0.15) is 0 Å². The summed E-state index contributed by atoms with van der Waals surface area (Å²) in [7, 11) is 0. The lowest BCUT2D eigenvalue weighted by Crippen LogP contribution is -1.69. The lowest BCUT2D eigenvalue weighted by molar-refractivity contribution is -0.105. The Morgan fingerprint density at radius 2 is 2.67 bits per heavy atom. The summed E-state index contributed by atoms with van der Waals surface area (Å²) in [6.07, 6.45) is 0.751. The second-order valence-electron chi connectivity index (χ2n) is 0.568. The maximum absolute atomic E-state index is 9.43. The van der Waals surface area contributed by atoms with E-state index in [9.17, 15) is 4.79 Å². The van der Waals surface area contributed by atoms with E-state index in [1.807, 2.05) is 0 Å². The Labute approximate surface area is 40.5 Å². The van der Waals surface area contributed by atoms with Gasteiger partial charge in [-0.05, 0) is 0 Å². The second-order valence-corrected chi connectivity index (χ2v) is 1.37. The van der Waals surface area contributed by atoms with Crippen LogP contribution in [0.5, 0.6) is 0 Å². The van der Waals surface area contributed by atoms with Crippen LogP contribution in [0.25, 0.3) is 4.25 Å². The first kappa shape index (κ1) is 5.51. The van der Waals surface area contributed by atoms with Crippen molar-refractivity contribution in [3.8, 4) is 6.57 Å². The molecule has 0 saturated heterocycles. The molecule has 0 rings (SSSR count). The number of carbonyl (C=O) groups is 1. The number of nitrogens with zero attached hydrogens (tertiary/aromatic N) is 1. The van der Waals surface area contributed by atoms with E-state index in [4.69, 9.17) is 0 Å². The van der Waals surface area contributed by atoms with Crippen LogP contribution in [0, 0.1) is 6.57 Å². The highest BCUT2D eigenvalue weighted by molar-refractivity contribution is 8.01. The molecule has 0 aromatic rings. The smallest absolute Gasteiger partial charge is 0.302 e. The SMILES string of the molecule is C#[N+]SCC=O. The second kappa shape index (κ2) is 4.51. The van der Waals surface area contributed by atoms with Gasteiger partial charge in [0.25, 0.3) is 6.57 Å². The topological polar surface area (TPSA) is 21.4 Å². The molecule has 0 spiro atoms. The van der Waals surface area contributed by atoms with E-state index in [0.29, 0.717) is 5.75 Å². The molecule has 0 N–H and O–H groups in total. The third-order valence-corrected chi connectivity index (χ3v) is 0.651. The fourth-order valence-corrected chi connectivity index (χ4v) is 0.220. The summed E-state index contributed by atoms with van der Waals surface area (Å²) in [6, 6.07) is 0. The third kappa shape index (κ3) is 3.51. The molecular formula is C3H4NOS+. The summed E-state index contributed by atoms with van der Waals surface area (Å²) in [4.78, 5) is 9.43. The van der Waals surface area contributed by atoms with Gasteiger partial charge in [0, 0.05) is 4.25 Å². The quantitative estimate of drug-likeness (QED) is 0.292. The van der Waals surface area contributed by atoms with Crippen molar-refractivity contribution in [3.63, 3.8) is 0 Å². The molecule has 0 aromatic heterocycles. The summed E-state index contributed by atoms with van der Waals surface area (Å²) in [5.41, 5.74) is 0. The van der Waals surface area contributed by atoms with E-state index in [1.54, 1.807) is 0 Å². The maximum Gasteiger partial charge on any atom is 0.318 e. The Morgan fingerprint density at radius 1 is 2.00 bits per heavy atom. The Balaban J connectivity index is 2.72. The summed E-state index contributed by atoms with van der Waals surface area (Å²) in [5, 5.41) is 0. The number of hydrogen-bond acceptors (Lipinski definition) is 2. The molecule has 0 aliphatic heterocycles. The molecule has 0 unspecified atom stereocenters. The van der Waals surface area contributed by atoms with Crippen molar-refractivity contribution >= 4 is 18.2 Å². The molecule has 0 atom stereocenters. The summed E-state index contributed by atoms with van der Waals surface area (Å²) >= 11 is 1.04. The summed E-state index contributed by atoms with van der Waals surface area (Å²) in [5.74, 6) is 0.358. The van der Waals surface area contributed by atoms with Crippen molar-refractivity contribution in [1.82, 2.24) is 0 Å². The standard InChI is InChI=1S/C3H4NOS/c1-4-6-3-2-5/h1-2H,3H2/q+1. The van der Waals surface area contributed by atoms with Crippen molar-refractivity contribution in [3.05, 3.63) is 4.25 Å². The van der Waals surface area contributed by atoms with Crippen LogP contribution in [0.1, 0.15) is 0 Å². The Kier molecular flexibility index (Phi) is 4.14. The average molecular weight is 102 g/mol. The van der Waals surface area contributed by atoms with Crippen molar-refractivity contribution < 1.29 is 4.79 Å². The van der Waals surface area contributed by atoms with E-state index < -0.39 is 0 Å². The molecule has 3 heteroatoms. The third-order valence-electron chi connectivity index (χ3n) is 0.217. The lowest BCUT2D eigenvalue weighted by Gasteiger charge is -1.54. The van der Waals surface area contributed by atoms with Gasteiger partial charge in [-0.3, -0.25) is 0 Å². The number of carbonyl (C=O) groups excluding carboxylic acids is 1. The van der Waals surface area contributed by atoms with Crippen LogP contribution in [-0.2, 0) is 4.79 Å². The largest absolute Gasteiger partial charge is 0.318 e. The minimum atomic E-state index is 0.358. The Hall–Kier alpha value is -0.490. The molecule has 0 aromatic carbocycles. The first-order valence-electron chi connectivity index (χ1n) is 1.37. The molecule has 0 fully saturated rings. The molecule has 32 valence electrons. The predicted molar refractivity (Wildman–Crippen MR) is 26.8 cm³/mol. The molecule has 0 aliphatic carbocycles. The van der Waals surface area contributed by atoms with Crippen LogP contribution in [0.2, 0.25) is 0 Å². The van der Waals surface area contributed by atoms with Crippen LogP contribution in [0.15, 0.2) is 0 Å². The first-order chi connectivity index (χ1) is 2.91. The van der Waals surface area contributed by atoms with Crippen LogP contribution < -0.4 is 0 Å². The van der Waals surface area contributed by atoms with Crippen molar-refractivity contribution in [1.29, 1.82) is 0 Å². The zero-order valence-electron chi connectivity index (χ0n) is 3.13. The molecule has 0 saturated carbocycles. The molecule has 0 aliphatic rings. The minimum Gasteiger partial charge on any atom is -0.302 e. The molecule has 0 heterocycles. The normalized spacial score (nSPS) is 6.50. The number of hydrogen-bond donors (Lipinski definition) is 0. The lowest BCUT2D eigenvalue weighted by atomic mass is 10.9. The van der Waals surface area contributed by atoms with Crippen molar-refractivity contribution in [2.24, 2.45) is 0 Å². The average Bonchev–Trinajstić information content (AvgIpc) is 1.61. The van der Waals surface area contributed by atoms with Gasteiger partial charge >= 0.3 is 11.9 Å². The maximum atomic E-state index is 9.43. The molecule has 0 bridgehead atoms. The van der Waals surface area contributed by atoms with E-state index in [-0.39, 0.29) is 0 Å². The zero-order chi connectivity index (χ0) is 4.83. The predicted octanol–water partition coefficient (Wildman–Crippen LogP) is 0.796. The van der Waals surface area contributed by atoms with Gasteiger partial charge in [-0.15, -0.1) is 0 Å². The van der Waals surface area contributed by atoms with E-state index in [2.05, 4.69) is 10.8 Å². The molecule has 0 radical (unpaired) electrons. The van der Waals surface area contributed by atoms with Crippen LogP contribution >= 0.6 is 11.9 Å². The van der Waals surface area contributed by atoms with Gasteiger partial charge in [0.05, 0.1) is 0 Å². The first-order valence-corrected chi connectivity index (χ1v) is 2.32. The van der Waals surface area contributed by atoms with Gasteiger partial charge in [-0.25, -0.2) is 0 Å². The Bertz CT molecular complexity index is 75.4. The van der Waals surface area contributed by atoms with Crippen LogP contribution in [0.3, 0.4) is 0 Å². The summed E-state index contributed by atoms with van der Waals surface area (Å²) in [6.45, 7) is 4.64. The van der Waals surface area contributed by atoms with Crippen LogP contribution in [-0.4, -0.2) is 12.0 Å². The monoisotopic (exact) mass is 102 g/mol. The molecular weight excluding hydrogens is 98.1 g/mol. The van der Waals surface area contributed by atoms with E-state index in [0.717, 1.165) is 18.2 Å². The Morgan fingerprint density at radius 3 is 2.83 bits per heavy atom. The van der Waals surface area contributed by atoms with E-state index >= 15 is 0 Å². The van der Waals surface area contributed by atoms with Crippen molar-refractivity contribution in [2.75, 3.05) is 5.75 Å². The fourth-order valence-electron chi connectivity index (χ4n) is 0.0735. The molecule has 2 nitrogen and oxygen atoms in total. The number of rotatable bonds is 2. The highest BCUT2D eigenvalue weighted by atomic mass is 32.2. The van der Waals surface area contributed by atoms with Gasteiger partial charge in [0.1, 0.15) is 12.0 Å². The van der Waals surface area contributed by atoms with Crippen molar-refractivity contribution in [2.45, 2.75) is 0 Å². The fraction of sp³-hybridized carbons (Fsp3) is 0.333. The van der Waals surface area contributed by atoms with Gasteiger partial charge in [0.2, 0.25) is 0 Å². The minimum absolute atomic E-state index is 0.358. The van der Waals surface area contributed by atoms with E-state index in [1.165, 1.54) is 0 Å². The van der Waals surface area contributed by atoms with Gasteiger partial charge in [-0.1, -0.05) is 0 Å². The molecule has 0 amide bonds. The zero-order valence-corrected chi connectivity index (χ0v) is 3.94. The van der Waals surface area contributed by atoms with Gasteiger partial charge < -0.3 is 4.79 Å². The van der Waals surface area contributed by atoms with Gasteiger partial charge in [0.15, 0.2) is 0 Å².